The number of aryl methyl sites for hydroxylation is 1. The van der Waals surface area contributed by atoms with Gasteiger partial charge in [0.2, 0.25) is 0 Å². The summed E-state index contributed by atoms with van der Waals surface area (Å²) < 4.78 is 1.74. The molecule has 0 aliphatic heterocycles. The van der Waals surface area contributed by atoms with E-state index in [2.05, 4.69) is 25.9 Å². The molecule has 1 aromatic rings. The van der Waals surface area contributed by atoms with Crippen molar-refractivity contribution in [3.63, 3.8) is 0 Å². The lowest BCUT2D eigenvalue weighted by atomic mass is 10.1. The number of rotatable bonds is 5. The molecule has 0 radical (unpaired) electrons. The summed E-state index contributed by atoms with van der Waals surface area (Å²) in [5.74, 6) is 0.500. The summed E-state index contributed by atoms with van der Waals surface area (Å²) in [6, 6.07) is 0. The molecule has 0 unspecified atom stereocenters. The molecule has 15 heavy (non-hydrogen) atoms. The van der Waals surface area contributed by atoms with E-state index < -0.39 is 0 Å². The molecular formula is C12H22N2O. The summed E-state index contributed by atoms with van der Waals surface area (Å²) in [5, 5.41) is 3.22. The molecule has 86 valence electrons. The normalized spacial score (nSPS) is 11.3. The first-order chi connectivity index (χ1) is 7.06. The Bertz CT molecular complexity index is 360. The zero-order valence-corrected chi connectivity index (χ0v) is 10.3. The van der Waals surface area contributed by atoms with Crippen LogP contribution in [0.5, 0.6) is 0 Å². The van der Waals surface area contributed by atoms with Crippen LogP contribution in [0.3, 0.4) is 0 Å². The van der Waals surface area contributed by atoms with Gasteiger partial charge in [-0.1, -0.05) is 27.2 Å². The van der Waals surface area contributed by atoms with Crippen LogP contribution in [-0.4, -0.2) is 9.78 Å². The van der Waals surface area contributed by atoms with Gasteiger partial charge in [-0.15, -0.1) is 0 Å². The van der Waals surface area contributed by atoms with Crippen molar-refractivity contribution in [2.75, 3.05) is 0 Å². The molecule has 3 nitrogen and oxygen atoms in total. The fourth-order valence-electron chi connectivity index (χ4n) is 1.72. The van der Waals surface area contributed by atoms with Gasteiger partial charge in [0.25, 0.3) is 5.56 Å². The monoisotopic (exact) mass is 210 g/mol. The third-order valence-electron chi connectivity index (χ3n) is 2.62. The van der Waals surface area contributed by atoms with Crippen LogP contribution < -0.4 is 5.56 Å². The van der Waals surface area contributed by atoms with Crippen LogP contribution in [-0.2, 0) is 13.0 Å². The fourth-order valence-corrected chi connectivity index (χ4v) is 1.72. The van der Waals surface area contributed by atoms with Gasteiger partial charge in [0.1, 0.15) is 0 Å². The number of H-pyrrole nitrogens is 1. The molecule has 1 rings (SSSR count). The average molecular weight is 210 g/mol. The molecule has 0 aliphatic rings. The average Bonchev–Trinajstić information content (AvgIpc) is 2.42. The topological polar surface area (TPSA) is 37.8 Å². The zero-order valence-electron chi connectivity index (χ0n) is 10.3. The van der Waals surface area contributed by atoms with Gasteiger partial charge in [0, 0.05) is 17.8 Å². The highest BCUT2D eigenvalue weighted by Gasteiger charge is 2.09. The van der Waals surface area contributed by atoms with Crippen molar-refractivity contribution >= 4 is 0 Å². The van der Waals surface area contributed by atoms with E-state index in [1.807, 2.05) is 6.92 Å². The number of unbranched alkanes of at least 4 members (excludes halogenated alkanes) is 1. The Morgan fingerprint density at radius 3 is 2.60 bits per heavy atom. The van der Waals surface area contributed by atoms with Gasteiger partial charge in [0.15, 0.2) is 0 Å². The SMILES string of the molecule is CCCCc1[nH]n(CC(C)C)c(=O)c1C. The highest BCUT2D eigenvalue weighted by atomic mass is 16.1. The maximum absolute atomic E-state index is 11.8. The van der Waals surface area contributed by atoms with Gasteiger partial charge in [-0.2, -0.15) is 0 Å². The molecule has 1 aromatic heterocycles. The van der Waals surface area contributed by atoms with Gasteiger partial charge in [-0.05, 0) is 25.7 Å². The third-order valence-corrected chi connectivity index (χ3v) is 2.62. The molecule has 0 atom stereocenters. The number of aromatic amines is 1. The maximum atomic E-state index is 11.8. The van der Waals surface area contributed by atoms with Gasteiger partial charge < -0.3 is 0 Å². The van der Waals surface area contributed by atoms with Crippen molar-refractivity contribution in [2.45, 2.75) is 53.5 Å². The molecule has 3 heteroatoms. The molecule has 0 bridgehead atoms. The first-order valence-corrected chi connectivity index (χ1v) is 5.84. The fraction of sp³-hybridized carbons (Fsp3) is 0.750. The van der Waals surface area contributed by atoms with Crippen molar-refractivity contribution in [3.05, 3.63) is 21.6 Å². The van der Waals surface area contributed by atoms with Crippen molar-refractivity contribution in [1.29, 1.82) is 0 Å². The van der Waals surface area contributed by atoms with E-state index in [1.54, 1.807) is 4.68 Å². The van der Waals surface area contributed by atoms with Gasteiger partial charge in [-0.25, -0.2) is 0 Å². The smallest absolute Gasteiger partial charge is 0.269 e. The minimum atomic E-state index is 0.148. The standard InChI is InChI=1S/C12H22N2O/c1-5-6-7-11-10(4)12(15)14(13-11)8-9(2)3/h9,13H,5-8H2,1-4H3. The highest BCUT2D eigenvalue weighted by molar-refractivity contribution is 5.15. The molecule has 0 amide bonds. The van der Waals surface area contributed by atoms with E-state index in [9.17, 15) is 4.79 Å². The summed E-state index contributed by atoms with van der Waals surface area (Å²) in [6.45, 7) is 9.10. The van der Waals surface area contributed by atoms with Crippen molar-refractivity contribution in [1.82, 2.24) is 9.78 Å². The summed E-state index contributed by atoms with van der Waals surface area (Å²) in [7, 11) is 0. The van der Waals surface area contributed by atoms with E-state index >= 15 is 0 Å². The Morgan fingerprint density at radius 1 is 1.40 bits per heavy atom. The lowest BCUT2D eigenvalue weighted by Crippen LogP contribution is -2.20. The first-order valence-electron chi connectivity index (χ1n) is 5.84. The van der Waals surface area contributed by atoms with Crippen LogP contribution in [0.2, 0.25) is 0 Å². The van der Waals surface area contributed by atoms with Crippen LogP contribution in [0, 0.1) is 12.8 Å². The molecule has 0 aliphatic carbocycles. The summed E-state index contributed by atoms with van der Waals surface area (Å²) in [4.78, 5) is 11.8. The van der Waals surface area contributed by atoms with E-state index in [4.69, 9.17) is 0 Å². The number of nitrogens with zero attached hydrogens (tertiary/aromatic N) is 1. The van der Waals surface area contributed by atoms with Crippen molar-refractivity contribution < 1.29 is 0 Å². The molecule has 0 aromatic carbocycles. The van der Waals surface area contributed by atoms with Crippen LogP contribution in [0.25, 0.3) is 0 Å². The lowest BCUT2D eigenvalue weighted by molar-refractivity contribution is 0.469. The second-order valence-corrected chi connectivity index (χ2v) is 4.63. The minimum absolute atomic E-state index is 0.148. The number of hydrogen-bond donors (Lipinski definition) is 1. The van der Waals surface area contributed by atoms with Crippen molar-refractivity contribution in [3.8, 4) is 0 Å². The number of hydrogen-bond acceptors (Lipinski definition) is 1. The van der Waals surface area contributed by atoms with Crippen LogP contribution in [0.15, 0.2) is 4.79 Å². The molecule has 0 saturated heterocycles. The highest BCUT2D eigenvalue weighted by Crippen LogP contribution is 2.06. The molecule has 0 spiro atoms. The molecule has 1 N–H and O–H groups in total. The maximum Gasteiger partial charge on any atom is 0.269 e. The summed E-state index contributed by atoms with van der Waals surface area (Å²) in [5.41, 5.74) is 2.15. The Balaban J connectivity index is 2.86. The largest absolute Gasteiger partial charge is 0.299 e. The Hall–Kier alpha value is -0.990. The van der Waals surface area contributed by atoms with Crippen LogP contribution >= 0.6 is 0 Å². The van der Waals surface area contributed by atoms with E-state index in [-0.39, 0.29) is 5.56 Å². The number of aromatic nitrogens is 2. The quantitative estimate of drug-likeness (QED) is 0.796. The molecule has 0 fully saturated rings. The van der Waals surface area contributed by atoms with Gasteiger partial charge in [-0.3, -0.25) is 14.6 Å². The van der Waals surface area contributed by atoms with E-state index in [0.717, 1.165) is 37.1 Å². The van der Waals surface area contributed by atoms with Crippen molar-refractivity contribution in [2.24, 2.45) is 5.92 Å². The summed E-state index contributed by atoms with van der Waals surface area (Å²) >= 11 is 0. The van der Waals surface area contributed by atoms with E-state index in [1.165, 1.54) is 0 Å². The minimum Gasteiger partial charge on any atom is -0.299 e. The van der Waals surface area contributed by atoms with Crippen LogP contribution in [0.1, 0.15) is 44.9 Å². The predicted octanol–water partition coefficient (Wildman–Crippen LogP) is 2.48. The summed E-state index contributed by atoms with van der Waals surface area (Å²) in [6.07, 6.45) is 3.29. The molecule has 0 saturated carbocycles. The molecular weight excluding hydrogens is 188 g/mol. The second-order valence-electron chi connectivity index (χ2n) is 4.63. The predicted molar refractivity (Wildman–Crippen MR) is 63.2 cm³/mol. The third kappa shape index (κ3) is 2.98. The van der Waals surface area contributed by atoms with Gasteiger partial charge in [0.05, 0.1) is 0 Å². The van der Waals surface area contributed by atoms with E-state index in [0.29, 0.717) is 5.92 Å². The Labute approximate surface area is 91.5 Å². The number of nitrogens with one attached hydrogen (secondary N) is 1. The zero-order chi connectivity index (χ0) is 11.4. The van der Waals surface area contributed by atoms with Gasteiger partial charge >= 0.3 is 0 Å². The lowest BCUT2D eigenvalue weighted by Gasteiger charge is -2.04. The second kappa shape index (κ2) is 5.19. The molecule has 1 heterocycles. The van der Waals surface area contributed by atoms with Crippen LogP contribution in [0.4, 0.5) is 0 Å². The Morgan fingerprint density at radius 2 is 2.07 bits per heavy atom. The Kier molecular flexibility index (Phi) is 4.18. The first kappa shape index (κ1) is 12.1.